The molecule has 1 aliphatic rings. The number of halogens is 1. The molecule has 0 radical (unpaired) electrons. The van der Waals surface area contributed by atoms with E-state index in [-0.39, 0.29) is 23.9 Å². The van der Waals surface area contributed by atoms with Gasteiger partial charge in [-0.1, -0.05) is 0 Å². The van der Waals surface area contributed by atoms with Crippen LogP contribution in [0.2, 0.25) is 0 Å². The van der Waals surface area contributed by atoms with E-state index in [0.29, 0.717) is 16.5 Å². The quantitative estimate of drug-likeness (QED) is 0.676. The number of hydrogen-bond acceptors (Lipinski definition) is 4. The summed E-state index contributed by atoms with van der Waals surface area (Å²) in [6, 6.07) is 12.3. The number of hydrogen-bond donors (Lipinski definition) is 2. The molecule has 1 aromatic heterocycles. The number of morpholine rings is 1. The maximum atomic E-state index is 13.5. The van der Waals surface area contributed by atoms with E-state index in [4.69, 9.17) is 4.74 Å². The molecule has 0 bridgehead atoms. The molecule has 5 nitrogen and oxygen atoms in total. The molecule has 2 unspecified atom stereocenters. The summed E-state index contributed by atoms with van der Waals surface area (Å²) in [6.07, 6.45) is 1.97. The fourth-order valence-corrected chi connectivity index (χ4v) is 3.58. The summed E-state index contributed by atoms with van der Waals surface area (Å²) in [5.74, 6) is -0.373. The molecule has 2 heterocycles. The summed E-state index contributed by atoms with van der Waals surface area (Å²) < 4.78 is 19.3. The van der Waals surface area contributed by atoms with Crippen LogP contribution in [0.15, 0.2) is 47.5 Å². The summed E-state index contributed by atoms with van der Waals surface area (Å²) in [4.78, 5) is 9.57. The number of aromatic nitrogens is 1. The first-order valence-electron chi connectivity index (χ1n) is 9.04. The number of H-pyrrole nitrogens is 1. The first-order chi connectivity index (χ1) is 13.0. The van der Waals surface area contributed by atoms with Crippen LogP contribution in [-0.2, 0) is 4.74 Å². The highest BCUT2D eigenvalue weighted by molar-refractivity contribution is 6.02. The number of fused-ring (bicyclic) bond motifs is 1. The van der Waals surface area contributed by atoms with Gasteiger partial charge in [-0.25, -0.2) is 4.39 Å². The first kappa shape index (κ1) is 17.5. The van der Waals surface area contributed by atoms with Crippen LogP contribution in [0.5, 0.6) is 5.88 Å². The zero-order valence-electron chi connectivity index (χ0n) is 15.3. The van der Waals surface area contributed by atoms with E-state index in [1.807, 2.05) is 24.3 Å². The Morgan fingerprint density at radius 2 is 1.85 bits per heavy atom. The lowest BCUT2D eigenvalue weighted by atomic mass is 10.1. The minimum absolute atomic E-state index is 0.0211. The average molecular weight is 367 g/mol. The van der Waals surface area contributed by atoms with Gasteiger partial charge in [0.2, 0.25) is 0 Å². The van der Waals surface area contributed by atoms with Gasteiger partial charge in [0.05, 0.1) is 23.5 Å². The molecule has 1 fully saturated rings. The fraction of sp³-hybridized carbons (Fsp3) is 0.286. The zero-order chi connectivity index (χ0) is 19.0. The second-order valence-electron chi connectivity index (χ2n) is 7.01. The summed E-state index contributed by atoms with van der Waals surface area (Å²) in [5.41, 5.74) is 3.04. The van der Waals surface area contributed by atoms with Crippen LogP contribution in [0.3, 0.4) is 0 Å². The Bertz CT molecular complexity index is 971. The SMILES string of the molecule is CC1CN(c2ccc(N=Cc3c(O)[nH]c4ccc(F)cc34)cc2)CC(C)O1. The van der Waals surface area contributed by atoms with Crippen molar-refractivity contribution in [1.29, 1.82) is 0 Å². The number of nitrogens with zero attached hydrogens (tertiary/aromatic N) is 2. The number of benzene rings is 2. The van der Waals surface area contributed by atoms with Crippen molar-refractivity contribution in [2.75, 3.05) is 18.0 Å². The van der Waals surface area contributed by atoms with Gasteiger partial charge < -0.3 is 19.7 Å². The maximum absolute atomic E-state index is 13.5. The van der Waals surface area contributed by atoms with Crippen molar-refractivity contribution in [1.82, 2.24) is 4.98 Å². The second-order valence-corrected chi connectivity index (χ2v) is 7.01. The first-order valence-corrected chi connectivity index (χ1v) is 9.04. The Hall–Kier alpha value is -2.86. The van der Waals surface area contributed by atoms with Gasteiger partial charge in [0.15, 0.2) is 5.88 Å². The Morgan fingerprint density at radius 1 is 1.15 bits per heavy atom. The molecule has 0 amide bonds. The minimum atomic E-state index is -0.352. The highest BCUT2D eigenvalue weighted by atomic mass is 19.1. The van der Waals surface area contributed by atoms with Gasteiger partial charge in [-0.05, 0) is 56.3 Å². The summed E-state index contributed by atoms with van der Waals surface area (Å²) in [5, 5.41) is 10.7. The third-order valence-electron chi connectivity index (χ3n) is 4.76. The molecule has 4 rings (SSSR count). The van der Waals surface area contributed by atoms with Gasteiger partial charge in [0, 0.05) is 35.9 Å². The lowest BCUT2D eigenvalue weighted by Crippen LogP contribution is -2.45. The summed E-state index contributed by atoms with van der Waals surface area (Å²) in [6.45, 7) is 5.89. The van der Waals surface area contributed by atoms with Crippen molar-refractivity contribution in [2.45, 2.75) is 26.1 Å². The van der Waals surface area contributed by atoms with Crippen LogP contribution in [0.1, 0.15) is 19.4 Å². The number of anilines is 1. The molecule has 27 heavy (non-hydrogen) atoms. The minimum Gasteiger partial charge on any atom is -0.494 e. The van der Waals surface area contributed by atoms with E-state index in [1.165, 1.54) is 12.1 Å². The molecule has 2 N–H and O–H groups in total. The van der Waals surface area contributed by atoms with E-state index in [1.54, 1.807) is 12.3 Å². The molecular weight excluding hydrogens is 345 g/mol. The second kappa shape index (κ2) is 7.04. The van der Waals surface area contributed by atoms with E-state index in [0.717, 1.165) is 24.5 Å². The van der Waals surface area contributed by atoms with Crippen LogP contribution in [-0.4, -0.2) is 41.6 Å². The maximum Gasteiger partial charge on any atom is 0.198 e. The summed E-state index contributed by atoms with van der Waals surface area (Å²) >= 11 is 0. The topological polar surface area (TPSA) is 60.8 Å². The smallest absolute Gasteiger partial charge is 0.198 e. The normalized spacial score (nSPS) is 20.6. The van der Waals surface area contributed by atoms with Gasteiger partial charge in [0.1, 0.15) is 5.82 Å². The molecule has 6 heteroatoms. The summed E-state index contributed by atoms with van der Waals surface area (Å²) in [7, 11) is 0. The number of ether oxygens (including phenoxy) is 1. The number of nitrogens with one attached hydrogen (secondary N) is 1. The van der Waals surface area contributed by atoms with Gasteiger partial charge >= 0.3 is 0 Å². The predicted octanol–water partition coefficient (Wildman–Crippen LogP) is 4.38. The lowest BCUT2D eigenvalue weighted by molar-refractivity contribution is -0.00521. The third kappa shape index (κ3) is 3.66. The molecule has 1 saturated heterocycles. The van der Waals surface area contributed by atoms with E-state index < -0.39 is 0 Å². The van der Waals surface area contributed by atoms with E-state index in [2.05, 4.69) is 28.7 Å². The Kier molecular flexibility index (Phi) is 4.58. The van der Waals surface area contributed by atoms with Crippen molar-refractivity contribution < 1.29 is 14.2 Å². The van der Waals surface area contributed by atoms with Crippen LogP contribution in [0, 0.1) is 5.82 Å². The highest BCUT2D eigenvalue weighted by Crippen LogP contribution is 2.28. The molecule has 3 aromatic rings. The van der Waals surface area contributed by atoms with Gasteiger partial charge in [-0.2, -0.15) is 0 Å². The molecule has 2 atom stereocenters. The standard InChI is InChI=1S/C21H22FN3O2/c1-13-11-25(12-14(2)27-13)17-6-4-16(5-7-17)23-10-19-18-9-15(22)3-8-20(18)24-21(19)26/h3-10,13-14,24,26H,11-12H2,1-2H3. The van der Waals surface area contributed by atoms with Crippen molar-refractivity contribution in [2.24, 2.45) is 4.99 Å². The van der Waals surface area contributed by atoms with Crippen molar-refractivity contribution in [3.8, 4) is 5.88 Å². The zero-order valence-corrected chi connectivity index (χ0v) is 15.3. The lowest BCUT2D eigenvalue weighted by Gasteiger charge is -2.36. The Morgan fingerprint density at radius 3 is 2.56 bits per heavy atom. The molecule has 140 valence electrons. The monoisotopic (exact) mass is 367 g/mol. The average Bonchev–Trinajstić information content (AvgIpc) is 2.94. The van der Waals surface area contributed by atoms with Gasteiger partial charge in [-0.3, -0.25) is 4.99 Å². The van der Waals surface area contributed by atoms with E-state index >= 15 is 0 Å². The number of aromatic hydroxyl groups is 1. The number of aliphatic imine (C=N–C) groups is 1. The predicted molar refractivity (Wildman–Crippen MR) is 106 cm³/mol. The molecule has 0 aliphatic carbocycles. The Labute approximate surface area is 157 Å². The molecule has 2 aromatic carbocycles. The van der Waals surface area contributed by atoms with Crippen LogP contribution >= 0.6 is 0 Å². The van der Waals surface area contributed by atoms with Crippen LogP contribution < -0.4 is 4.90 Å². The largest absolute Gasteiger partial charge is 0.494 e. The van der Waals surface area contributed by atoms with Gasteiger partial charge in [0.25, 0.3) is 0 Å². The van der Waals surface area contributed by atoms with Gasteiger partial charge in [-0.15, -0.1) is 0 Å². The molecular formula is C21H22FN3O2. The molecule has 0 saturated carbocycles. The Balaban J connectivity index is 1.55. The third-order valence-corrected chi connectivity index (χ3v) is 4.76. The number of aromatic amines is 1. The fourth-order valence-electron chi connectivity index (χ4n) is 3.58. The van der Waals surface area contributed by atoms with Crippen LogP contribution in [0.25, 0.3) is 10.9 Å². The highest BCUT2D eigenvalue weighted by Gasteiger charge is 2.22. The van der Waals surface area contributed by atoms with E-state index in [9.17, 15) is 9.50 Å². The molecule has 0 spiro atoms. The van der Waals surface area contributed by atoms with Crippen LogP contribution in [0.4, 0.5) is 15.8 Å². The number of rotatable bonds is 3. The van der Waals surface area contributed by atoms with Crippen molar-refractivity contribution >= 4 is 28.5 Å². The van der Waals surface area contributed by atoms with Crippen molar-refractivity contribution in [3.63, 3.8) is 0 Å². The molecule has 1 aliphatic heterocycles. The van der Waals surface area contributed by atoms with Crippen molar-refractivity contribution in [3.05, 3.63) is 53.8 Å².